The topological polar surface area (TPSA) is 423 Å². The molecule has 2 amide bonds. The zero-order chi connectivity index (χ0) is 89.2. The summed E-state index contributed by atoms with van der Waals surface area (Å²) in [6.07, 6.45) is 11.5. The second-order valence-corrected chi connectivity index (χ2v) is 25.9. The van der Waals surface area contributed by atoms with Gasteiger partial charge in [0.25, 0.3) is 11.8 Å². The predicted molar refractivity (Wildman–Crippen MR) is 454 cm³/mol. The van der Waals surface area contributed by atoms with Crippen molar-refractivity contribution in [2.24, 2.45) is 0 Å². The van der Waals surface area contributed by atoms with Crippen LogP contribution in [0.3, 0.4) is 0 Å². The van der Waals surface area contributed by atoms with Gasteiger partial charge < -0.3 is 98.3 Å². The Morgan fingerprint density at radius 2 is 0.546 bits per heavy atom. The predicted octanol–water partition coefficient (Wildman–Crippen LogP) is 17.1. The van der Waals surface area contributed by atoms with Crippen LogP contribution in [0.1, 0.15) is 145 Å². The number of amides is 2. The molecule has 0 aliphatic heterocycles. The summed E-state index contributed by atoms with van der Waals surface area (Å²) in [4.78, 5) is 97.2. The van der Waals surface area contributed by atoms with Gasteiger partial charge in [0.1, 0.15) is 81.7 Å². The molecule has 7 N–H and O–H groups in total. The molecule has 0 atom stereocenters. The molecule has 0 aliphatic carbocycles. The van der Waals surface area contributed by atoms with Crippen LogP contribution in [0.25, 0.3) is 0 Å². The molecule has 0 spiro atoms. The Kier molecular flexibility index (Phi) is 42.3. The minimum Gasteiger partial charge on any atom is -0.485 e. The number of carboxylic acids is 1. The van der Waals surface area contributed by atoms with Gasteiger partial charge in [-0.25, -0.2) is 19.2 Å². The lowest BCUT2D eigenvalue weighted by atomic mass is 10.1. The molecule has 0 unspecified atom stereocenters. The minimum atomic E-state index is -1.26. The van der Waals surface area contributed by atoms with Crippen molar-refractivity contribution in [2.75, 3.05) is 81.6 Å². The number of ether oxygens (including phenoxy) is 15. The molecule has 0 bridgehead atoms. The highest BCUT2D eigenvalue weighted by molar-refractivity contribution is 6.10. The maximum Gasteiger partial charge on any atom is 0.342 e. The zero-order valence-electron chi connectivity index (χ0n) is 69.0. The molecule has 0 heterocycles. The molecule has 6 rings (SSSR count). The maximum absolute atomic E-state index is 13.6. The smallest absolute Gasteiger partial charge is 0.342 e. The molecule has 32 heteroatoms. The fourth-order valence-corrected chi connectivity index (χ4v) is 9.73. The van der Waals surface area contributed by atoms with E-state index >= 15 is 0 Å². The van der Waals surface area contributed by atoms with Crippen LogP contribution in [-0.2, 0) is 14.2 Å². The third-order valence-electron chi connectivity index (χ3n) is 14.2. The first-order valence-corrected chi connectivity index (χ1v) is 37.0. The summed E-state index contributed by atoms with van der Waals surface area (Å²) in [5, 5.41) is 37.4. The van der Waals surface area contributed by atoms with Crippen LogP contribution in [0.4, 0.5) is 34.1 Å². The van der Waals surface area contributed by atoms with Crippen LogP contribution in [0.2, 0.25) is 0 Å². The molecule has 119 heavy (non-hydrogen) atoms. The fourth-order valence-electron chi connectivity index (χ4n) is 9.73. The van der Waals surface area contributed by atoms with Crippen molar-refractivity contribution in [2.45, 2.75) is 120 Å². The van der Waals surface area contributed by atoms with E-state index in [2.05, 4.69) is 69.8 Å². The number of carbonyl (C=O) groups excluding carboxylic acids is 5. The number of nitrogens with two attached hydrogens (primary N) is 2. The van der Waals surface area contributed by atoms with Crippen molar-refractivity contribution in [1.29, 1.82) is 0 Å². The highest BCUT2D eigenvalue weighted by Gasteiger charge is 2.33. The first-order chi connectivity index (χ1) is 56.6. The number of carbonyl (C=O) groups is 6. The summed E-state index contributed by atoms with van der Waals surface area (Å²) in [6, 6.07) is 16.8. The van der Waals surface area contributed by atoms with Gasteiger partial charge in [-0.2, -0.15) is 0 Å². The number of hydrogen-bond donors (Lipinski definition) is 5. The Hall–Kier alpha value is -14.2. The molecular weight excluding hydrogens is 1540 g/mol. The summed E-state index contributed by atoms with van der Waals surface area (Å²) in [5.41, 5.74) is 12.8. The second-order valence-electron chi connectivity index (χ2n) is 25.9. The number of nitro groups is 2. The quantitative estimate of drug-likeness (QED) is 0.00592. The molecule has 0 saturated heterocycles. The molecule has 6 aromatic rings. The number of hydrogen-bond acceptors (Lipinski definition) is 27. The lowest BCUT2D eigenvalue weighted by Gasteiger charge is -2.22. The van der Waals surface area contributed by atoms with Crippen molar-refractivity contribution in [3.05, 3.63) is 240 Å². The number of nitrogens with zero attached hydrogens (tertiary/aromatic N) is 2. The van der Waals surface area contributed by atoms with E-state index in [1.165, 1.54) is 78.9 Å². The van der Waals surface area contributed by atoms with Gasteiger partial charge in [0, 0.05) is 12.1 Å². The number of nitro benzene ring substituents is 2. The van der Waals surface area contributed by atoms with Gasteiger partial charge in [0.15, 0.2) is 57.5 Å². The largest absolute Gasteiger partial charge is 0.485 e. The third kappa shape index (κ3) is 30.5. The number of benzene rings is 6. The molecule has 32 nitrogen and oxygen atoms in total. The molecular formula is C87H106N6O26. The lowest BCUT2D eigenvalue weighted by Crippen LogP contribution is -2.19. The lowest BCUT2D eigenvalue weighted by molar-refractivity contribution is -0.386. The Morgan fingerprint density at radius 1 is 0.328 bits per heavy atom. The number of nitrogen functional groups attached to an aromatic ring is 2. The summed E-state index contributed by atoms with van der Waals surface area (Å²) < 4.78 is 83.8. The van der Waals surface area contributed by atoms with Crippen LogP contribution in [-0.4, -0.2) is 147 Å². The summed E-state index contributed by atoms with van der Waals surface area (Å²) in [5.74, 6) is -3.58. The molecule has 640 valence electrons. The number of rotatable bonds is 46. The standard InChI is InChI=1S/C29H34N2O9.C29H36N2O7.C16H21NO4.C13H15NO6/c1-8-15-36-24-20(12-14-23(31(34)35)27(24)40-19(6)7)28(32)30-22-13-11-21(29(33)38-17-10-3)25(37-16-9-2)26(22)39-18(4)5;1-8-15-34-24-20(11-13-22(30)26(24)37-18(4)5)28(32)31-23-14-12-21(29(33)36-17-10-3)25(35-16-9-2)27(23)38-19(6)7;1-5-9-19-14-12(16(18)20-10-6-2)7-8-13(17)15(14)21-11(3)4;1-4-7-19-11-9(13(15)16)5-6-10(14(17)18)12(11)20-8(2)3/h8-14,18-19H,1-3,15-17H2,4-7H3,(H,30,32);8-14,18-19H,1-3,15-17,30H2,4-7H3,(H,31,32);5-8,11H,1-2,9-10,17H2,3-4H3;4-6,8H,1,7H2,2-3H3,(H,15,16). The normalized spacial score (nSPS) is 10.3. The van der Waals surface area contributed by atoms with Gasteiger partial charge in [0.2, 0.25) is 11.5 Å². The Morgan fingerprint density at radius 3 is 0.815 bits per heavy atom. The zero-order valence-corrected chi connectivity index (χ0v) is 69.0. The molecule has 0 fully saturated rings. The van der Waals surface area contributed by atoms with E-state index in [4.69, 9.17) is 87.6 Å². The summed E-state index contributed by atoms with van der Waals surface area (Å²) in [6.45, 7) is 54.0. The number of aromatic carboxylic acids is 1. The van der Waals surface area contributed by atoms with Crippen LogP contribution in [0, 0.1) is 20.2 Å². The molecule has 6 aromatic carbocycles. The minimum absolute atomic E-state index is 0.00982. The molecule has 0 radical (unpaired) electrons. The van der Waals surface area contributed by atoms with E-state index in [1.54, 1.807) is 71.9 Å². The Labute approximate surface area is 692 Å². The average Bonchev–Trinajstić information content (AvgIpc) is 0.823. The van der Waals surface area contributed by atoms with Crippen molar-refractivity contribution >= 4 is 69.8 Å². The molecule has 0 saturated carbocycles. The van der Waals surface area contributed by atoms with E-state index in [1.807, 2.05) is 41.5 Å². The van der Waals surface area contributed by atoms with E-state index in [0.29, 0.717) is 17.1 Å². The van der Waals surface area contributed by atoms with Gasteiger partial charge in [-0.3, -0.25) is 29.8 Å². The Balaban J connectivity index is 0.000000429. The van der Waals surface area contributed by atoms with Crippen LogP contribution < -0.4 is 78.9 Å². The van der Waals surface area contributed by atoms with E-state index < -0.39 is 51.6 Å². The third-order valence-corrected chi connectivity index (χ3v) is 14.2. The SMILES string of the molecule is C=CCOC(=O)c1ccc(N)c(OC(C)C)c1OCC=C.C=CCOC(=O)c1ccc(NC(=O)c2ccc(N)c(OC(C)C)c2OCC=C)c(OC(C)C)c1OCC=C.C=CCOC(=O)c1ccc(NC(=O)c2ccc([N+](=O)[O-])c(OC(C)C)c2OCC=C)c(OC(C)C)c1OCC=C.C=CCOc1c(C(=O)O)ccc([N+](=O)[O-])c1OC(C)C. The molecule has 0 aliphatic rings. The first-order valence-electron chi connectivity index (χ1n) is 37.0. The number of carboxylic acid groups (broad SMARTS) is 1. The van der Waals surface area contributed by atoms with E-state index in [0.717, 1.165) is 18.2 Å². The first kappa shape index (κ1) is 99.0. The summed E-state index contributed by atoms with van der Waals surface area (Å²) >= 11 is 0. The molecule has 0 aromatic heterocycles. The van der Waals surface area contributed by atoms with Gasteiger partial charge in [0.05, 0.1) is 80.3 Å². The summed E-state index contributed by atoms with van der Waals surface area (Å²) in [7, 11) is 0. The van der Waals surface area contributed by atoms with Crippen LogP contribution in [0.5, 0.6) is 69.0 Å². The van der Waals surface area contributed by atoms with Crippen molar-refractivity contribution in [1.82, 2.24) is 0 Å². The van der Waals surface area contributed by atoms with Crippen LogP contribution >= 0.6 is 0 Å². The maximum atomic E-state index is 13.6. The highest BCUT2D eigenvalue weighted by Crippen LogP contribution is 2.47. The number of nitrogens with one attached hydrogen (secondary N) is 2. The highest BCUT2D eigenvalue weighted by atomic mass is 16.6. The average molecular weight is 1650 g/mol. The number of anilines is 4. The van der Waals surface area contributed by atoms with Crippen molar-refractivity contribution < 1.29 is 115 Å². The van der Waals surface area contributed by atoms with Gasteiger partial charge in [-0.15, -0.1) is 0 Å². The monoisotopic (exact) mass is 1650 g/mol. The number of esters is 3. The van der Waals surface area contributed by atoms with Gasteiger partial charge in [-0.1, -0.05) is 114 Å². The second kappa shape index (κ2) is 50.9. The Bertz CT molecular complexity index is 4600. The van der Waals surface area contributed by atoms with E-state index in [9.17, 15) is 49.0 Å². The van der Waals surface area contributed by atoms with Crippen molar-refractivity contribution in [3.8, 4) is 69.0 Å². The van der Waals surface area contributed by atoms with Crippen LogP contribution in [0.15, 0.2) is 187 Å². The fraction of sp³-hybridized carbons (Fsp3) is 0.310. The van der Waals surface area contributed by atoms with Crippen molar-refractivity contribution in [3.63, 3.8) is 0 Å². The van der Waals surface area contributed by atoms with E-state index in [-0.39, 0.29) is 209 Å². The van der Waals surface area contributed by atoms with Gasteiger partial charge in [-0.05, 0) is 144 Å². The van der Waals surface area contributed by atoms with Gasteiger partial charge >= 0.3 is 35.3 Å².